The largest absolute Gasteiger partial charge is 0.504 e. The van der Waals surface area contributed by atoms with Crippen molar-refractivity contribution in [3.63, 3.8) is 0 Å². The van der Waals surface area contributed by atoms with Crippen molar-refractivity contribution in [2.45, 2.75) is 13.5 Å². The van der Waals surface area contributed by atoms with E-state index in [9.17, 15) is 15.2 Å². The molecule has 0 spiro atoms. The maximum Gasteiger partial charge on any atom is 0.339 e. The van der Waals surface area contributed by atoms with Gasteiger partial charge in [0.1, 0.15) is 6.61 Å². The summed E-state index contributed by atoms with van der Waals surface area (Å²) in [6, 6.07) is 23.2. The Labute approximate surface area is 175 Å². The zero-order valence-corrected chi connectivity index (χ0v) is 16.5. The molecule has 3 aromatic carbocycles. The molecule has 5 heteroatoms. The maximum atomic E-state index is 12.9. The highest BCUT2D eigenvalue weighted by Crippen LogP contribution is 2.29. The van der Waals surface area contributed by atoms with Crippen LogP contribution < -0.4 is 4.74 Å². The third-order valence-corrected chi connectivity index (χ3v) is 4.40. The molecule has 0 heterocycles. The summed E-state index contributed by atoms with van der Waals surface area (Å²) < 4.78 is 11.0. The number of carbonyl (C=O) groups is 1. The lowest BCUT2D eigenvalue weighted by molar-refractivity contribution is -0.137. The van der Waals surface area contributed by atoms with E-state index >= 15 is 0 Å². The summed E-state index contributed by atoms with van der Waals surface area (Å²) in [7, 11) is 0. The van der Waals surface area contributed by atoms with Crippen LogP contribution in [-0.4, -0.2) is 17.7 Å². The summed E-state index contributed by atoms with van der Waals surface area (Å²) in [6.07, 6.45) is 1.69. The first-order valence-electron chi connectivity index (χ1n) is 9.50. The fraction of sp³-hybridized carbons (Fsp3) is 0.120. The maximum absolute atomic E-state index is 12.9. The lowest BCUT2D eigenvalue weighted by atomic mass is 10.0. The van der Waals surface area contributed by atoms with Crippen LogP contribution in [0.15, 0.2) is 72.8 Å². The van der Waals surface area contributed by atoms with E-state index in [-0.39, 0.29) is 12.4 Å². The van der Waals surface area contributed by atoms with Gasteiger partial charge in [-0.2, -0.15) is 5.26 Å². The average Bonchev–Trinajstić information content (AvgIpc) is 2.78. The summed E-state index contributed by atoms with van der Waals surface area (Å²) in [5, 5.41) is 19.1. The van der Waals surface area contributed by atoms with E-state index in [1.165, 1.54) is 6.07 Å². The van der Waals surface area contributed by atoms with Crippen molar-refractivity contribution in [1.29, 1.82) is 5.26 Å². The normalized spacial score (nSPS) is 10.9. The van der Waals surface area contributed by atoms with Crippen molar-refractivity contribution in [3.05, 3.63) is 95.1 Å². The van der Waals surface area contributed by atoms with E-state index in [4.69, 9.17) is 9.47 Å². The minimum atomic E-state index is -0.514. The van der Waals surface area contributed by atoms with E-state index in [2.05, 4.69) is 6.07 Å². The number of nitrogens with zero attached hydrogens (tertiary/aromatic N) is 1. The fourth-order valence-corrected chi connectivity index (χ4v) is 2.91. The highest BCUT2D eigenvalue weighted by atomic mass is 16.5. The quantitative estimate of drug-likeness (QED) is 0.346. The molecule has 0 bridgehead atoms. The van der Waals surface area contributed by atoms with Gasteiger partial charge in [0.05, 0.1) is 23.8 Å². The van der Waals surface area contributed by atoms with Gasteiger partial charge < -0.3 is 14.6 Å². The molecule has 0 radical (unpaired) electrons. The first-order valence-corrected chi connectivity index (χ1v) is 9.50. The zero-order chi connectivity index (χ0) is 21.3. The lowest BCUT2D eigenvalue weighted by Gasteiger charge is -2.11. The Morgan fingerprint density at radius 2 is 1.80 bits per heavy atom. The molecule has 0 aliphatic heterocycles. The summed E-state index contributed by atoms with van der Waals surface area (Å²) in [5.74, 6) is -0.138. The van der Waals surface area contributed by atoms with Gasteiger partial charge in [-0.25, -0.2) is 4.79 Å². The van der Waals surface area contributed by atoms with Crippen molar-refractivity contribution in [3.8, 4) is 17.6 Å². The second-order valence-electron chi connectivity index (χ2n) is 6.43. The standard InChI is InChI=1S/C25H21NO4/c1-2-29-24-15-18(12-13-23(24)27)14-22(19-8-4-3-5-9-19)25(28)30-17-21-11-7-6-10-20(21)16-26/h3-15,27H,2,17H2,1H3/b22-14+. The van der Waals surface area contributed by atoms with Crippen LogP contribution in [0, 0.1) is 11.3 Å². The van der Waals surface area contributed by atoms with Crippen molar-refractivity contribution >= 4 is 17.6 Å². The fourth-order valence-electron chi connectivity index (χ4n) is 2.91. The number of hydrogen-bond acceptors (Lipinski definition) is 5. The van der Waals surface area contributed by atoms with Crippen LogP contribution in [0.2, 0.25) is 0 Å². The number of rotatable bonds is 7. The Morgan fingerprint density at radius 1 is 1.07 bits per heavy atom. The monoisotopic (exact) mass is 399 g/mol. The SMILES string of the molecule is CCOc1cc(/C=C(/C(=O)OCc2ccccc2C#N)c2ccccc2)ccc1O. The Hall–Kier alpha value is -4.04. The second kappa shape index (κ2) is 9.94. The van der Waals surface area contributed by atoms with Crippen LogP contribution >= 0.6 is 0 Å². The smallest absolute Gasteiger partial charge is 0.339 e. The molecule has 3 rings (SSSR count). The third-order valence-electron chi connectivity index (χ3n) is 4.40. The minimum absolute atomic E-state index is 0.00743. The topological polar surface area (TPSA) is 79.5 Å². The van der Waals surface area contributed by atoms with Crippen LogP contribution in [0.4, 0.5) is 0 Å². The molecule has 0 aliphatic carbocycles. The minimum Gasteiger partial charge on any atom is -0.504 e. The first-order chi connectivity index (χ1) is 14.6. The molecule has 5 nitrogen and oxygen atoms in total. The number of aromatic hydroxyl groups is 1. The van der Waals surface area contributed by atoms with Gasteiger partial charge in [-0.3, -0.25) is 0 Å². The van der Waals surface area contributed by atoms with Crippen LogP contribution in [0.5, 0.6) is 11.5 Å². The van der Waals surface area contributed by atoms with Crippen molar-refractivity contribution in [1.82, 2.24) is 0 Å². The molecule has 0 unspecified atom stereocenters. The summed E-state index contributed by atoms with van der Waals surface area (Å²) in [5.41, 5.74) is 2.85. The molecule has 150 valence electrons. The van der Waals surface area contributed by atoms with Crippen molar-refractivity contribution in [2.75, 3.05) is 6.61 Å². The van der Waals surface area contributed by atoms with Crippen LogP contribution in [-0.2, 0) is 16.1 Å². The predicted octanol–water partition coefficient (Wildman–Crippen LogP) is 4.95. The highest BCUT2D eigenvalue weighted by molar-refractivity contribution is 6.21. The number of carbonyl (C=O) groups excluding carboxylic acids is 1. The second-order valence-corrected chi connectivity index (χ2v) is 6.43. The van der Waals surface area contributed by atoms with Gasteiger partial charge in [-0.05, 0) is 42.3 Å². The Kier molecular flexibility index (Phi) is 6.86. The van der Waals surface area contributed by atoms with Crippen LogP contribution in [0.1, 0.15) is 29.2 Å². The molecule has 0 aliphatic rings. The van der Waals surface area contributed by atoms with Crippen molar-refractivity contribution < 1.29 is 19.4 Å². The number of phenols is 1. The van der Waals surface area contributed by atoms with Crippen LogP contribution in [0.3, 0.4) is 0 Å². The molecule has 0 aromatic heterocycles. The van der Waals surface area contributed by atoms with Crippen LogP contribution in [0.25, 0.3) is 11.6 Å². The number of ether oxygens (including phenoxy) is 2. The van der Waals surface area contributed by atoms with Crippen molar-refractivity contribution in [2.24, 2.45) is 0 Å². The summed E-state index contributed by atoms with van der Waals surface area (Å²) in [4.78, 5) is 12.9. The van der Waals surface area contributed by atoms with Gasteiger partial charge in [-0.1, -0.05) is 54.6 Å². The molecule has 0 saturated heterocycles. The molecule has 0 fully saturated rings. The molecule has 0 atom stereocenters. The molecule has 1 N–H and O–H groups in total. The number of hydrogen-bond donors (Lipinski definition) is 1. The van der Waals surface area contributed by atoms with Gasteiger partial charge in [0, 0.05) is 5.56 Å². The van der Waals surface area contributed by atoms with E-state index < -0.39 is 5.97 Å². The molecular weight excluding hydrogens is 378 g/mol. The lowest BCUT2D eigenvalue weighted by Crippen LogP contribution is -2.08. The number of phenolic OH excluding ortho intramolecular Hbond substituents is 1. The zero-order valence-electron chi connectivity index (χ0n) is 16.5. The average molecular weight is 399 g/mol. The van der Waals surface area contributed by atoms with Gasteiger partial charge in [-0.15, -0.1) is 0 Å². The first kappa shape index (κ1) is 20.7. The molecule has 30 heavy (non-hydrogen) atoms. The van der Waals surface area contributed by atoms with Gasteiger partial charge in [0.2, 0.25) is 0 Å². The number of nitriles is 1. The van der Waals surface area contributed by atoms with E-state index in [1.807, 2.05) is 37.3 Å². The summed E-state index contributed by atoms with van der Waals surface area (Å²) >= 11 is 0. The Balaban J connectivity index is 1.92. The number of esters is 1. The Bertz CT molecular complexity index is 1100. The van der Waals surface area contributed by atoms with Gasteiger partial charge >= 0.3 is 5.97 Å². The van der Waals surface area contributed by atoms with E-state index in [0.29, 0.717) is 40.2 Å². The number of benzene rings is 3. The molecular formula is C25H21NO4. The van der Waals surface area contributed by atoms with E-state index in [1.54, 1.807) is 42.5 Å². The molecule has 0 amide bonds. The van der Waals surface area contributed by atoms with Gasteiger partial charge in [0.25, 0.3) is 0 Å². The predicted molar refractivity (Wildman–Crippen MR) is 115 cm³/mol. The Morgan fingerprint density at radius 3 is 2.53 bits per heavy atom. The highest BCUT2D eigenvalue weighted by Gasteiger charge is 2.15. The third kappa shape index (κ3) is 5.06. The summed E-state index contributed by atoms with van der Waals surface area (Å²) in [6.45, 7) is 2.23. The molecule has 3 aromatic rings. The van der Waals surface area contributed by atoms with Gasteiger partial charge in [0.15, 0.2) is 11.5 Å². The molecule has 0 saturated carbocycles. The van der Waals surface area contributed by atoms with E-state index in [0.717, 1.165) is 0 Å².